The Morgan fingerprint density at radius 3 is 2.62 bits per heavy atom. The summed E-state index contributed by atoms with van der Waals surface area (Å²) in [5.41, 5.74) is 0.0336. The summed E-state index contributed by atoms with van der Waals surface area (Å²) in [6.07, 6.45) is 0.582. The van der Waals surface area contributed by atoms with Gasteiger partial charge in [0, 0.05) is 11.6 Å². The molecule has 1 aliphatic heterocycles. The van der Waals surface area contributed by atoms with E-state index in [0.717, 1.165) is 15.7 Å². The van der Waals surface area contributed by atoms with Gasteiger partial charge in [-0.15, -0.1) is 0 Å². The third kappa shape index (κ3) is 3.92. The summed E-state index contributed by atoms with van der Waals surface area (Å²) in [6, 6.07) is 5.32. The molecule has 1 aromatic carbocycles. The maximum Gasteiger partial charge on any atom is 0.415 e. The fraction of sp³-hybridized carbons (Fsp3) is 0.611. The lowest BCUT2D eigenvalue weighted by Gasteiger charge is -2.38. The molecule has 0 spiro atoms. The van der Waals surface area contributed by atoms with Gasteiger partial charge in [-0.3, -0.25) is 4.90 Å². The molecular formula is C18H26BrNO4. The van der Waals surface area contributed by atoms with Crippen molar-refractivity contribution in [3.8, 4) is 0 Å². The van der Waals surface area contributed by atoms with Crippen molar-refractivity contribution in [2.24, 2.45) is 0 Å². The lowest BCUT2D eigenvalue weighted by molar-refractivity contribution is -0.0529. The zero-order valence-corrected chi connectivity index (χ0v) is 16.5. The highest BCUT2D eigenvalue weighted by Crippen LogP contribution is 2.40. The third-order valence-electron chi connectivity index (χ3n) is 4.24. The predicted octanol–water partition coefficient (Wildman–Crippen LogP) is 3.90. The summed E-state index contributed by atoms with van der Waals surface area (Å²) in [4.78, 5) is 14.4. The van der Waals surface area contributed by atoms with Crippen LogP contribution in [0.25, 0.3) is 0 Å². The van der Waals surface area contributed by atoms with Crippen LogP contribution < -0.4 is 4.90 Å². The van der Waals surface area contributed by atoms with Crippen molar-refractivity contribution in [3.05, 3.63) is 28.2 Å². The molecule has 6 heteroatoms. The Kier molecular flexibility index (Phi) is 5.62. The summed E-state index contributed by atoms with van der Waals surface area (Å²) >= 11 is 3.47. The number of carbonyl (C=O) groups is 1. The predicted molar refractivity (Wildman–Crippen MR) is 97.5 cm³/mol. The normalized spacial score (nSPS) is 19.8. The molecule has 0 fully saturated rings. The maximum atomic E-state index is 12.8. The molecule has 0 radical (unpaired) electrons. The molecule has 134 valence electrons. The van der Waals surface area contributed by atoms with Gasteiger partial charge in [0.15, 0.2) is 0 Å². The number of halogens is 1. The minimum Gasteiger partial charge on any atom is -0.443 e. The Hall–Kier alpha value is -1.11. The summed E-state index contributed by atoms with van der Waals surface area (Å²) < 4.78 is 11.7. The monoisotopic (exact) mass is 399 g/mol. The summed E-state index contributed by atoms with van der Waals surface area (Å²) in [6.45, 7) is 7.55. The lowest BCUT2D eigenvalue weighted by Crippen LogP contribution is -2.56. The van der Waals surface area contributed by atoms with Crippen molar-refractivity contribution in [3.63, 3.8) is 0 Å². The Bertz CT molecular complexity index is 614. The number of hydrogen-bond acceptors (Lipinski definition) is 4. The first-order chi connectivity index (χ1) is 11.1. The van der Waals surface area contributed by atoms with Gasteiger partial charge >= 0.3 is 6.09 Å². The fourth-order valence-corrected chi connectivity index (χ4v) is 3.48. The average molecular weight is 400 g/mol. The lowest BCUT2D eigenvalue weighted by atomic mass is 9.89. The second-order valence-corrected chi connectivity index (χ2v) is 8.15. The van der Waals surface area contributed by atoms with Gasteiger partial charge in [0.25, 0.3) is 0 Å². The largest absolute Gasteiger partial charge is 0.443 e. The van der Waals surface area contributed by atoms with E-state index in [-0.39, 0.29) is 6.61 Å². The molecule has 1 heterocycles. The first-order valence-electron chi connectivity index (χ1n) is 8.13. The topological polar surface area (TPSA) is 59.0 Å². The fourth-order valence-electron chi connectivity index (χ4n) is 3.07. The number of amides is 1. The van der Waals surface area contributed by atoms with E-state index in [9.17, 15) is 9.90 Å². The van der Waals surface area contributed by atoms with Gasteiger partial charge in [0.05, 0.1) is 18.3 Å². The number of anilines is 1. The molecular weight excluding hydrogens is 374 g/mol. The van der Waals surface area contributed by atoms with Crippen LogP contribution in [0.4, 0.5) is 10.5 Å². The van der Waals surface area contributed by atoms with Crippen molar-refractivity contribution in [1.82, 2.24) is 0 Å². The van der Waals surface area contributed by atoms with E-state index in [2.05, 4.69) is 15.9 Å². The van der Waals surface area contributed by atoms with E-state index in [4.69, 9.17) is 9.47 Å². The molecule has 1 aromatic rings. The van der Waals surface area contributed by atoms with E-state index < -0.39 is 23.3 Å². The Balaban J connectivity index is 2.45. The second-order valence-electron chi connectivity index (χ2n) is 7.23. The molecule has 1 aliphatic rings. The van der Waals surface area contributed by atoms with Crippen LogP contribution in [0.2, 0.25) is 0 Å². The Morgan fingerprint density at radius 1 is 1.42 bits per heavy atom. The number of methoxy groups -OCH3 is 1. The number of ether oxygens (including phenoxy) is 2. The van der Waals surface area contributed by atoms with Gasteiger partial charge < -0.3 is 14.6 Å². The van der Waals surface area contributed by atoms with Crippen LogP contribution in [0, 0.1) is 0 Å². The minimum atomic E-state index is -1.14. The molecule has 0 unspecified atom stereocenters. The van der Waals surface area contributed by atoms with Crippen LogP contribution in [0.3, 0.4) is 0 Å². The minimum absolute atomic E-state index is 0.155. The number of nitrogens with zero attached hydrogens (tertiary/aromatic N) is 1. The molecule has 1 amide bonds. The Labute approximate surface area is 152 Å². The zero-order valence-electron chi connectivity index (χ0n) is 14.9. The SMILES string of the molecule is CC[C@@](O)(COC)[C@H]1Cc2cc(Br)ccc2N1C(=O)OC(C)(C)C. The third-order valence-corrected chi connectivity index (χ3v) is 4.74. The van der Waals surface area contributed by atoms with Gasteiger partial charge in [-0.1, -0.05) is 22.9 Å². The number of aliphatic hydroxyl groups is 1. The molecule has 24 heavy (non-hydrogen) atoms. The van der Waals surface area contributed by atoms with E-state index in [1.165, 1.54) is 0 Å². The van der Waals surface area contributed by atoms with E-state index >= 15 is 0 Å². The van der Waals surface area contributed by atoms with Crippen LogP contribution in [-0.2, 0) is 15.9 Å². The number of carbonyl (C=O) groups excluding carboxylic acids is 1. The van der Waals surface area contributed by atoms with Gasteiger partial charge in [0.1, 0.15) is 11.2 Å². The number of rotatable bonds is 4. The number of benzene rings is 1. The van der Waals surface area contributed by atoms with Gasteiger partial charge in [-0.25, -0.2) is 4.79 Å². The zero-order chi connectivity index (χ0) is 18.1. The first-order valence-corrected chi connectivity index (χ1v) is 8.92. The molecule has 0 aromatic heterocycles. The standard InChI is InChI=1S/C18H26BrNO4/c1-6-18(22,11-23-5)15-10-12-9-13(19)7-8-14(12)20(15)16(21)24-17(2,3)4/h7-9,15,22H,6,10-11H2,1-5H3/t15-,18-/m1/s1. The van der Waals surface area contributed by atoms with Crippen molar-refractivity contribution < 1.29 is 19.4 Å². The number of fused-ring (bicyclic) bond motifs is 1. The van der Waals surface area contributed by atoms with Crippen LogP contribution in [0.15, 0.2) is 22.7 Å². The average Bonchev–Trinajstić information content (AvgIpc) is 2.84. The van der Waals surface area contributed by atoms with E-state index in [0.29, 0.717) is 12.8 Å². The molecule has 1 N–H and O–H groups in total. The molecule has 2 atom stereocenters. The maximum absolute atomic E-state index is 12.8. The highest BCUT2D eigenvalue weighted by Gasteiger charge is 2.47. The molecule has 0 saturated carbocycles. The van der Waals surface area contributed by atoms with Crippen LogP contribution >= 0.6 is 15.9 Å². The van der Waals surface area contributed by atoms with Crippen LogP contribution in [0.5, 0.6) is 0 Å². The van der Waals surface area contributed by atoms with Crippen LogP contribution in [-0.4, -0.2) is 42.2 Å². The highest BCUT2D eigenvalue weighted by molar-refractivity contribution is 9.10. The van der Waals surface area contributed by atoms with Gasteiger partial charge in [0.2, 0.25) is 0 Å². The molecule has 0 saturated heterocycles. The van der Waals surface area contributed by atoms with Crippen molar-refractivity contribution >= 4 is 27.7 Å². The summed E-state index contributed by atoms with van der Waals surface area (Å²) in [5, 5.41) is 11.1. The van der Waals surface area contributed by atoms with Crippen LogP contribution in [0.1, 0.15) is 39.7 Å². The number of hydrogen-bond donors (Lipinski definition) is 1. The summed E-state index contributed by atoms with van der Waals surface area (Å²) in [7, 11) is 1.55. The van der Waals surface area contributed by atoms with Gasteiger partial charge in [-0.2, -0.15) is 0 Å². The second kappa shape index (κ2) is 7.02. The van der Waals surface area contributed by atoms with Crippen molar-refractivity contribution in [1.29, 1.82) is 0 Å². The molecule has 5 nitrogen and oxygen atoms in total. The summed E-state index contributed by atoms with van der Waals surface area (Å²) in [5.74, 6) is 0. The van der Waals surface area contributed by atoms with E-state index in [1.54, 1.807) is 12.0 Å². The molecule has 2 rings (SSSR count). The van der Waals surface area contributed by atoms with Gasteiger partial charge in [-0.05, 0) is 57.4 Å². The Morgan fingerprint density at radius 2 is 2.08 bits per heavy atom. The smallest absolute Gasteiger partial charge is 0.415 e. The van der Waals surface area contributed by atoms with Crippen molar-refractivity contribution in [2.45, 2.75) is 57.8 Å². The first kappa shape index (κ1) is 19.2. The van der Waals surface area contributed by atoms with E-state index in [1.807, 2.05) is 45.9 Å². The van der Waals surface area contributed by atoms with Crippen molar-refractivity contribution in [2.75, 3.05) is 18.6 Å². The quantitative estimate of drug-likeness (QED) is 0.833. The molecule has 0 aliphatic carbocycles. The molecule has 0 bridgehead atoms. The highest BCUT2D eigenvalue weighted by atomic mass is 79.9.